The number of ether oxygens (including phenoxy) is 1. The molecule has 154 valence electrons. The van der Waals surface area contributed by atoms with Crippen molar-refractivity contribution in [2.45, 2.75) is 31.5 Å². The number of benzene rings is 2. The molecule has 4 unspecified atom stereocenters. The number of aromatic hydroxyl groups is 2. The van der Waals surface area contributed by atoms with Crippen molar-refractivity contribution in [1.82, 2.24) is 15.8 Å². The summed E-state index contributed by atoms with van der Waals surface area (Å²) in [7, 11) is 0. The zero-order chi connectivity index (χ0) is 20.4. The second-order valence-electron chi connectivity index (χ2n) is 7.50. The van der Waals surface area contributed by atoms with E-state index in [0.717, 1.165) is 17.5 Å². The lowest BCUT2D eigenvalue weighted by atomic mass is 9.83. The fourth-order valence-corrected chi connectivity index (χ4v) is 4.56. The van der Waals surface area contributed by atoms with Gasteiger partial charge in [-0.1, -0.05) is 30.3 Å². The second kappa shape index (κ2) is 8.41. The van der Waals surface area contributed by atoms with Gasteiger partial charge in [0, 0.05) is 31.2 Å². The molecular weight excluding hydrogens is 370 g/mol. The van der Waals surface area contributed by atoms with Crippen LogP contribution in [0.4, 0.5) is 0 Å². The number of likely N-dealkylation sites (tertiary alicyclic amines) is 1. The highest BCUT2D eigenvalue weighted by Gasteiger charge is 2.55. The maximum absolute atomic E-state index is 13.2. The number of nitrogens with one attached hydrogen (secondary N) is 2. The molecule has 4 N–H and O–H groups in total. The van der Waals surface area contributed by atoms with Gasteiger partial charge >= 0.3 is 0 Å². The van der Waals surface area contributed by atoms with Gasteiger partial charge in [-0.25, -0.2) is 10.9 Å². The Morgan fingerprint density at radius 2 is 1.86 bits per heavy atom. The molecule has 4 atom stereocenters. The van der Waals surface area contributed by atoms with E-state index < -0.39 is 6.04 Å². The van der Waals surface area contributed by atoms with E-state index in [-0.39, 0.29) is 35.4 Å². The van der Waals surface area contributed by atoms with E-state index in [9.17, 15) is 15.0 Å². The smallest absolute Gasteiger partial charge is 0.242 e. The predicted molar refractivity (Wildman–Crippen MR) is 108 cm³/mol. The minimum atomic E-state index is -0.404. The fourth-order valence-electron chi connectivity index (χ4n) is 4.56. The Kier molecular flexibility index (Phi) is 5.71. The van der Waals surface area contributed by atoms with Crippen molar-refractivity contribution >= 4 is 5.91 Å². The molecule has 2 aromatic rings. The number of carbonyl (C=O) groups excluding carboxylic acids is 1. The number of carbonyl (C=O) groups is 1. The molecule has 4 rings (SSSR count). The van der Waals surface area contributed by atoms with Gasteiger partial charge in [0.1, 0.15) is 17.5 Å². The van der Waals surface area contributed by atoms with Crippen LogP contribution < -0.4 is 10.9 Å². The number of amides is 1. The van der Waals surface area contributed by atoms with Crippen molar-refractivity contribution in [3.05, 3.63) is 59.7 Å². The number of phenolic OH excluding ortho intramolecular Hbond substituents is 2. The Bertz CT molecular complexity index is 875. The lowest BCUT2D eigenvalue weighted by molar-refractivity contribution is -0.131. The van der Waals surface area contributed by atoms with Crippen LogP contribution in [-0.2, 0) is 9.53 Å². The molecule has 7 heteroatoms. The summed E-state index contributed by atoms with van der Waals surface area (Å²) < 4.78 is 5.45. The molecule has 2 saturated heterocycles. The highest BCUT2D eigenvalue weighted by atomic mass is 16.5. The predicted octanol–water partition coefficient (Wildman–Crippen LogP) is 2.24. The summed E-state index contributed by atoms with van der Waals surface area (Å²) in [5.74, 6) is 0.255. The van der Waals surface area contributed by atoms with E-state index >= 15 is 0 Å². The number of rotatable bonds is 7. The molecule has 0 bridgehead atoms. The van der Waals surface area contributed by atoms with Gasteiger partial charge in [-0.3, -0.25) is 4.79 Å². The monoisotopic (exact) mass is 397 g/mol. The Morgan fingerprint density at radius 3 is 2.62 bits per heavy atom. The first-order chi connectivity index (χ1) is 14.1. The van der Waals surface area contributed by atoms with Crippen LogP contribution in [0.5, 0.6) is 11.5 Å². The van der Waals surface area contributed by atoms with Crippen LogP contribution >= 0.6 is 0 Å². The standard InChI is InChI=1S/C22H27N3O4/c1-2-29-12-6-11-25-21(14-7-5-8-15(26)13-14)18-19(23-24-20(18)22(25)28)16-9-3-4-10-17(16)27/h3-5,7-10,13,18-21,23-24,26-27H,2,6,11-12H2,1H3. The summed E-state index contributed by atoms with van der Waals surface area (Å²) >= 11 is 0. The molecule has 0 radical (unpaired) electrons. The van der Waals surface area contributed by atoms with Crippen LogP contribution in [0.15, 0.2) is 48.5 Å². The second-order valence-corrected chi connectivity index (χ2v) is 7.50. The summed E-state index contributed by atoms with van der Waals surface area (Å²) in [4.78, 5) is 15.1. The van der Waals surface area contributed by atoms with Gasteiger partial charge in [0.05, 0.1) is 12.1 Å². The maximum Gasteiger partial charge on any atom is 0.242 e. The molecule has 0 saturated carbocycles. The maximum atomic E-state index is 13.2. The summed E-state index contributed by atoms with van der Waals surface area (Å²) in [5, 5.41) is 20.4. The van der Waals surface area contributed by atoms with Crippen LogP contribution in [0, 0.1) is 5.92 Å². The van der Waals surface area contributed by atoms with E-state index in [4.69, 9.17) is 4.74 Å². The highest BCUT2D eigenvalue weighted by molar-refractivity contribution is 5.86. The minimum absolute atomic E-state index is 0.0188. The zero-order valence-corrected chi connectivity index (χ0v) is 16.4. The summed E-state index contributed by atoms with van der Waals surface area (Å²) in [6.45, 7) is 3.77. The molecule has 2 aromatic carbocycles. The minimum Gasteiger partial charge on any atom is -0.508 e. The molecule has 7 nitrogen and oxygen atoms in total. The van der Waals surface area contributed by atoms with Gasteiger partial charge in [-0.2, -0.15) is 0 Å². The van der Waals surface area contributed by atoms with Crippen molar-refractivity contribution in [3.8, 4) is 11.5 Å². The molecule has 0 aromatic heterocycles. The van der Waals surface area contributed by atoms with Gasteiger partial charge < -0.3 is 19.8 Å². The molecular formula is C22H27N3O4. The van der Waals surface area contributed by atoms with Crippen LogP contribution in [0.25, 0.3) is 0 Å². The lowest BCUT2D eigenvalue weighted by Gasteiger charge is -2.31. The molecule has 2 heterocycles. The van der Waals surface area contributed by atoms with E-state index in [2.05, 4.69) is 10.9 Å². The van der Waals surface area contributed by atoms with E-state index in [1.165, 1.54) is 0 Å². The Morgan fingerprint density at radius 1 is 1.07 bits per heavy atom. The van der Waals surface area contributed by atoms with Crippen molar-refractivity contribution < 1.29 is 19.7 Å². The Labute approximate surface area is 170 Å². The number of hydrogen-bond donors (Lipinski definition) is 4. The van der Waals surface area contributed by atoms with Crippen LogP contribution in [0.2, 0.25) is 0 Å². The van der Waals surface area contributed by atoms with E-state index in [1.807, 2.05) is 30.0 Å². The first kappa shape index (κ1) is 19.7. The number of hydrogen-bond acceptors (Lipinski definition) is 6. The van der Waals surface area contributed by atoms with Crippen LogP contribution in [-0.4, -0.2) is 46.8 Å². The van der Waals surface area contributed by atoms with Gasteiger partial charge in [-0.15, -0.1) is 0 Å². The van der Waals surface area contributed by atoms with Gasteiger partial charge in [0.15, 0.2) is 0 Å². The molecule has 0 spiro atoms. The molecule has 29 heavy (non-hydrogen) atoms. The van der Waals surface area contributed by atoms with Crippen molar-refractivity contribution in [2.24, 2.45) is 5.92 Å². The highest BCUT2D eigenvalue weighted by Crippen LogP contribution is 2.48. The van der Waals surface area contributed by atoms with E-state index in [1.54, 1.807) is 30.3 Å². The van der Waals surface area contributed by atoms with E-state index in [0.29, 0.717) is 19.8 Å². The van der Waals surface area contributed by atoms with Crippen molar-refractivity contribution in [1.29, 1.82) is 0 Å². The average molecular weight is 397 g/mol. The number of nitrogens with zero attached hydrogens (tertiary/aromatic N) is 1. The first-order valence-corrected chi connectivity index (χ1v) is 10.1. The van der Waals surface area contributed by atoms with Gasteiger partial charge in [0.2, 0.25) is 5.91 Å². The molecule has 2 fully saturated rings. The van der Waals surface area contributed by atoms with Gasteiger partial charge in [0.25, 0.3) is 0 Å². The number of fused-ring (bicyclic) bond motifs is 1. The molecule has 2 aliphatic rings. The normalized spacial score (nSPS) is 26.1. The third-order valence-electron chi connectivity index (χ3n) is 5.79. The fraction of sp³-hybridized carbons (Fsp3) is 0.409. The van der Waals surface area contributed by atoms with Crippen LogP contribution in [0.1, 0.15) is 36.6 Å². The molecule has 1 amide bonds. The summed E-state index contributed by atoms with van der Waals surface area (Å²) in [6, 6.07) is 13.4. The zero-order valence-electron chi connectivity index (χ0n) is 16.4. The number of para-hydroxylation sites is 1. The largest absolute Gasteiger partial charge is 0.508 e. The van der Waals surface area contributed by atoms with Crippen molar-refractivity contribution in [3.63, 3.8) is 0 Å². The molecule has 2 aliphatic heterocycles. The van der Waals surface area contributed by atoms with Crippen LogP contribution in [0.3, 0.4) is 0 Å². The summed E-state index contributed by atoms with van der Waals surface area (Å²) in [6.07, 6.45) is 0.739. The van der Waals surface area contributed by atoms with Gasteiger partial charge in [-0.05, 0) is 37.1 Å². The average Bonchev–Trinajstić information content (AvgIpc) is 3.25. The Hall–Kier alpha value is -2.61. The number of phenols is 2. The van der Waals surface area contributed by atoms with Crippen molar-refractivity contribution in [2.75, 3.05) is 19.8 Å². The third kappa shape index (κ3) is 3.69. The lowest BCUT2D eigenvalue weighted by Crippen LogP contribution is -2.41. The molecule has 0 aliphatic carbocycles. The number of hydrazine groups is 1. The first-order valence-electron chi connectivity index (χ1n) is 10.1. The Balaban J connectivity index is 1.69. The third-order valence-corrected chi connectivity index (χ3v) is 5.79. The topological polar surface area (TPSA) is 94.1 Å². The summed E-state index contributed by atoms with van der Waals surface area (Å²) in [5.41, 5.74) is 7.99. The quantitative estimate of drug-likeness (QED) is 0.536. The SMILES string of the molecule is CCOCCCN1C(=O)C2NNC(c3ccccc3O)C2C1c1cccc(O)c1.